The van der Waals surface area contributed by atoms with Crippen LogP contribution in [0.2, 0.25) is 0 Å². The van der Waals surface area contributed by atoms with E-state index < -0.39 is 15.9 Å². The smallest absolute Gasteiger partial charge is 0.267 e. The van der Waals surface area contributed by atoms with Crippen LogP contribution in [0.15, 0.2) is 29.6 Å². The van der Waals surface area contributed by atoms with Gasteiger partial charge in [0.05, 0.1) is 17.5 Å². The summed E-state index contributed by atoms with van der Waals surface area (Å²) in [6, 6.07) is 3.12. The van der Waals surface area contributed by atoms with Crippen LogP contribution in [-0.2, 0) is 26.0 Å². The second-order valence-corrected chi connectivity index (χ2v) is 8.11. The number of hydrogen-bond donors (Lipinski definition) is 1. The van der Waals surface area contributed by atoms with Gasteiger partial charge in [-0.05, 0) is 24.1 Å². The molecule has 1 atom stereocenters. The van der Waals surface area contributed by atoms with Gasteiger partial charge < -0.3 is 5.32 Å². The lowest BCUT2D eigenvalue weighted by Gasteiger charge is -2.27. The molecule has 0 spiro atoms. The molecular formula is C15H18N4O4S. The van der Waals surface area contributed by atoms with Gasteiger partial charge in [0.2, 0.25) is 5.91 Å². The molecule has 1 N–H and O–H groups in total. The molecule has 0 bridgehead atoms. The maximum Gasteiger partial charge on any atom is 0.267 e. The molecule has 128 valence electrons. The second kappa shape index (κ2) is 6.68. The third-order valence-electron chi connectivity index (χ3n) is 4.08. The summed E-state index contributed by atoms with van der Waals surface area (Å²) in [5, 5.41) is 8.08. The van der Waals surface area contributed by atoms with Crippen molar-refractivity contribution in [2.75, 3.05) is 11.5 Å². The molecular weight excluding hydrogens is 332 g/mol. The van der Waals surface area contributed by atoms with Crippen molar-refractivity contribution in [3.8, 4) is 0 Å². The third kappa shape index (κ3) is 3.78. The fraction of sp³-hybridized carbons (Fsp3) is 0.467. The van der Waals surface area contributed by atoms with Gasteiger partial charge in [0.15, 0.2) is 9.84 Å². The first-order valence-electron chi connectivity index (χ1n) is 7.72. The minimum Gasteiger partial charge on any atom is -0.347 e. The summed E-state index contributed by atoms with van der Waals surface area (Å²) in [4.78, 5) is 28.2. The van der Waals surface area contributed by atoms with E-state index in [0.717, 1.165) is 5.56 Å². The van der Waals surface area contributed by atoms with Gasteiger partial charge in [-0.1, -0.05) is 0 Å². The molecule has 3 rings (SSSR count). The van der Waals surface area contributed by atoms with Crippen molar-refractivity contribution in [1.29, 1.82) is 0 Å². The van der Waals surface area contributed by atoms with Gasteiger partial charge in [-0.15, -0.1) is 0 Å². The van der Waals surface area contributed by atoms with Crippen molar-refractivity contribution in [3.63, 3.8) is 0 Å². The lowest BCUT2D eigenvalue weighted by Crippen LogP contribution is -2.43. The van der Waals surface area contributed by atoms with E-state index in [1.807, 2.05) is 0 Å². The number of hydrazone groups is 1. The number of hydrogen-bond acceptors (Lipinski definition) is 6. The normalized spacial score (nSPS) is 23.0. The monoisotopic (exact) mass is 350 g/mol. The Kier molecular flexibility index (Phi) is 4.61. The molecule has 2 amide bonds. The van der Waals surface area contributed by atoms with Crippen molar-refractivity contribution >= 4 is 27.4 Å². The Morgan fingerprint density at radius 2 is 2.04 bits per heavy atom. The fourth-order valence-corrected chi connectivity index (χ4v) is 4.47. The third-order valence-corrected chi connectivity index (χ3v) is 5.83. The van der Waals surface area contributed by atoms with Gasteiger partial charge in [-0.25, -0.2) is 13.4 Å². The molecule has 1 aromatic heterocycles. The molecule has 1 saturated heterocycles. The molecule has 1 unspecified atom stereocenters. The molecule has 0 aromatic carbocycles. The van der Waals surface area contributed by atoms with E-state index in [0.29, 0.717) is 13.0 Å². The van der Waals surface area contributed by atoms with Crippen LogP contribution in [0.25, 0.3) is 0 Å². The van der Waals surface area contributed by atoms with E-state index in [1.54, 1.807) is 24.5 Å². The summed E-state index contributed by atoms with van der Waals surface area (Å²) in [5.74, 6) is -0.609. The lowest BCUT2D eigenvalue weighted by atomic mass is 10.1. The number of aromatic nitrogens is 1. The number of nitrogens with zero attached hydrogens (tertiary/aromatic N) is 3. The van der Waals surface area contributed by atoms with Gasteiger partial charge in [-0.2, -0.15) is 5.10 Å². The van der Waals surface area contributed by atoms with E-state index in [1.165, 1.54) is 5.01 Å². The average Bonchev–Trinajstić information content (AvgIpc) is 2.94. The van der Waals surface area contributed by atoms with Crippen LogP contribution in [-0.4, -0.2) is 53.5 Å². The SMILES string of the molecule is O=C(NCc1ccncc1)C1=NN(C2CCS(=O)(=O)C2)C(=O)CC1. The van der Waals surface area contributed by atoms with Crippen LogP contribution in [0.5, 0.6) is 0 Å². The van der Waals surface area contributed by atoms with Crippen molar-refractivity contribution in [2.24, 2.45) is 5.10 Å². The summed E-state index contributed by atoms with van der Waals surface area (Å²) >= 11 is 0. The van der Waals surface area contributed by atoms with Crippen LogP contribution in [0.3, 0.4) is 0 Å². The number of amides is 2. The summed E-state index contributed by atoms with van der Waals surface area (Å²) in [6.45, 7) is 0.339. The molecule has 0 aliphatic carbocycles. The molecule has 3 heterocycles. The number of rotatable bonds is 4. The Hall–Kier alpha value is -2.29. The van der Waals surface area contributed by atoms with Crippen LogP contribution < -0.4 is 5.32 Å². The maximum absolute atomic E-state index is 12.3. The van der Waals surface area contributed by atoms with Gasteiger partial charge in [0.1, 0.15) is 5.71 Å². The topological polar surface area (TPSA) is 109 Å². The Morgan fingerprint density at radius 3 is 2.71 bits per heavy atom. The van der Waals surface area contributed by atoms with Crippen LogP contribution >= 0.6 is 0 Å². The highest BCUT2D eigenvalue weighted by Crippen LogP contribution is 2.22. The highest BCUT2D eigenvalue weighted by atomic mass is 32.2. The molecule has 2 aliphatic rings. The van der Waals surface area contributed by atoms with Gasteiger partial charge in [0.25, 0.3) is 5.91 Å². The number of sulfone groups is 1. The highest BCUT2D eigenvalue weighted by Gasteiger charge is 2.37. The van der Waals surface area contributed by atoms with Crippen molar-refractivity contribution in [3.05, 3.63) is 30.1 Å². The second-order valence-electron chi connectivity index (χ2n) is 5.88. The van der Waals surface area contributed by atoms with E-state index in [4.69, 9.17) is 0 Å². The Morgan fingerprint density at radius 1 is 1.29 bits per heavy atom. The Balaban J connectivity index is 1.67. The number of nitrogens with one attached hydrogen (secondary N) is 1. The van der Waals surface area contributed by atoms with E-state index in [9.17, 15) is 18.0 Å². The molecule has 0 saturated carbocycles. The first-order valence-corrected chi connectivity index (χ1v) is 9.54. The predicted octanol–water partition coefficient (Wildman–Crippen LogP) is -0.137. The Bertz CT molecular complexity index is 776. The molecule has 1 fully saturated rings. The molecule has 8 nitrogen and oxygen atoms in total. The van der Waals surface area contributed by atoms with Crippen molar-refractivity contribution in [1.82, 2.24) is 15.3 Å². The van der Waals surface area contributed by atoms with Crippen molar-refractivity contribution in [2.45, 2.75) is 31.8 Å². The van der Waals surface area contributed by atoms with Crippen LogP contribution in [0, 0.1) is 0 Å². The molecule has 9 heteroatoms. The summed E-state index contributed by atoms with van der Waals surface area (Å²) in [7, 11) is -3.12. The fourth-order valence-electron chi connectivity index (χ4n) is 2.77. The molecule has 24 heavy (non-hydrogen) atoms. The standard InChI is InChI=1S/C15H18N4O4S/c20-14-2-1-13(15(21)17-9-11-3-6-16-7-4-11)18-19(14)12-5-8-24(22,23)10-12/h3-4,6-7,12H,1-2,5,8-10H2,(H,17,21). The lowest BCUT2D eigenvalue weighted by molar-refractivity contribution is -0.133. The first kappa shape index (κ1) is 16.6. The van der Waals surface area contributed by atoms with Crippen molar-refractivity contribution < 1.29 is 18.0 Å². The minimum atomic E-state index is -3.12. The van der Waals surface area contributed by atoms with Crippen LogP contribution in [0.4, 0.5) is 0 Å². The van der Waals surface area contributed by atoms with Gasteiger partial charge >= 0.3 is 0 Å². The van der Waals surface area contributed by atoms with Crippen LogP contribution in [0.1, 0.15) is 24.8 Å². The number of carbonyl (C=O) groups is 2. The summed E-state index contributed by atoms with van der Waals surface area (Å²) in [6.07, 6.45) is 4.07. The van der Waals surface area contributed by atoms with Gasteiger partial charge in [-0.3, -0.25) is 14.6 Å². The highest BCUT2D eigenvalue weighted by molar-refractivity contribution is 7.91. The van der Waals surface area contributed by atoms with E-state index in [2.05, 4.69) is 15.4 Å². The zero-order chi connectivity index (χ0) is 17.2. The molecule has 1 aromatic rings. The van der Waals surface area contributed by atoms with Gasteiger partial charge in [0, 0.05) is 31.8 Å². The zero-order valence-electron chi connectivity index (χ0n) is 13.0. The first-order chi connectivity index (χ1) is 11.4. The number of pyridine rings is 1. The Labute approximate surface area is 139 Å². The van der Waals surface area contributed by atoms with E-state index in [-0.39, 0.29) is 41.9 Å². The summed E-state index contributed by atoms with van der Waals surface area (Å²) in [5.41, 5.74) is 1.16. The number of carbonyl (C=O) groups excluding carboxylic acids is 2. The zero-order valence-corrected chi connectivity index (χ0v) is 13.8. The quantitative estimate of drug-likeness (QED) is 0.813. The average molecular weight is 350 g/mol. The van der Waals surface area contributed by atoms with E-state index >= 15 is 0 Å². The summed E-state index contributed by atoms with van der Waals surface area (Å²) < 4.78 is 23.2. The predicted molar refractivity (Wildman–Crippen MR) is 86.7 cm³/mol. The minimum absolute atomic E-state index is 0.0561. The molecule has 0 radical (unpaired) electrons. The largest absolute Gasteiger partial charge is 0.347 e. The molecule has 2 aliphatic heterocycles. The maximum atomic E-state index is 12.3.